The van der Waals surface area contributed by atoms with Gasteiger partial charge in [-0.25, -0.2) is 4.39 Å². The second-order valence-electron chi connectivity index (χ2n) is 8.39. The fourth-order valence-corrected chi connectivity index (χ4v) is 4.17. The lowest BCUT2D eigenvalue weighted by atomic mass is 9.94. The summed E-state index contributed by atoms with van der Waals surface area (Å²) in [7, 11) is 1.63. The van der Waals surface area contributed by atoms with Gasteiger partial charge in [0.1, 0.15) is 23.9 Å². The number of nitrogens with zero attached hydrogens (tertiary/aromatic N) is 2. The number of benzene rings is 2. The second kappa shape index (κ2) is 11.6. The number of pyridine rings is 1. The number of nitrogens with one attached hydrogen (secondary N) is 1. The van der Waals surface area contributed by atoms with Gasteiger partial charge in [0.15, 0.2) is 0 Å². The number of piperidine rings is 1. The van der Waals surface area contributed by atoms with Crippen molar-refractivity contribution in [1.82, 2.24) is 15.2 Å². The highest BCUT2D eigenvalue weighted by Crippen LogP contribution is 2.25. The molecule has 34 heavy (non-hydrogen) atoms. The van der Waals surface area contributed by atoms with E-state index in [1.165, 1.54) is 12.1 Å². The fraction of sp³-hybridized carbons (Fsp3) is 0.333. The second-order valence-corrected chi connectivity index (χ2v) is 8.39. The van der Waals surface area contributed by atoms with Crippen LogP contribution in [-0.2, 0) is 4.79 Å². The normalized spacial score (nSPS) is 15.5. The monoisotopic (exact) mass is 463 g/mol. The largest absolute Gasteiger partial charge is 0.497 e. The van der Waals surface area contributed by atoms with E-state index in [2.05, 4.69) is 15.2 Å². The summed E-state index contributed by atoms with van der Waals surface area (Å²) in [5.74, 6) is 1.16. The lowest BCUT2D eigenvalue weighted by Gasteiger charge is -2.32. The van der Waals surface area contributed by atoms with E-state index in [-0.39, 0.29) is 23.7 Å². The predicted octanol–water partition coefficient (Wildman–Crippen LogP) is 4.23. The van der Waals surface area contributed by atoms with Crippen molar-refractivity contribution in [2.75, 3.05) is 33.4 Å². The van der Waals surface area contributed by atoms with Gasteiger partial charge >= 0.3 is 0 Å². The zero-order valence-corrected chi connectivity index (χ0v) is 19.3. The van der Waals surface area contributed by atoms with Gasteiger partial charge in [0.25, 0.3) is 0 Å². The number of ether oxygens (including phenoxy) is 2. The molecule has 1 atom stereocenters. The number of halogens is 1. The topological polar surface area (TPSA) is 63.7 Å². The van der Waals surface area contributed by atoms with Gasteiger partial charge in [0, 0.05) is 18.7 Å². The molecule has 1 aliphatic rings. The number of carbonyl (C=O) groups is 1. The molecule has 6 nitrogen and oxygen atoms in total. The molecule has 1 aromatic heterocycles. The molecule has 0 radical (unpaired) electrons. The summed E-state index contributed by atoms with van der Waals surface area (Å²) in [6, 6.07) is 19.2. The maximum atomic E-state index is 13.2. The van der Waals surface area contributed by atoms with E-state index in [9.17, 15) is 9.18 Å². The van der Waals surface area contributed by atoms with Gasteiger partial charge in [0.2, 0.25) is 5.91 Å². The molecule has 1 fully saturated rings. The van der Waals surface area contributed by atoms with Crippen LogP contribution in [0.4, 0.5) is 4.39 Å². The first kappa shape index (κ1) is 23.7. The highest BCUT2D eigenvalue weighted by Gasteiger charge is 2.27. The van der Waals surface area contributed by atoms with Gasteiger partial charge in [-0.1, -0.05) is 18.2 Å². The highest BCUT2D eigenvalue weighted by molar-refractivity contribution is 5.79. The van der Waals surface area contributed by atoms with Crippen molar-refractivity contribution in [3.8, 4) is 11.5 Å². The molecule has 1 unspecified atom stereocenters. The number of methoxy groups -OCH3 is 1. The first-order valence-corrected chi connectivity index (χ1v) is 11.6. The summed E-state index contributed by atoms with van der Waals surface area (Å²) in [6.07, 6.45) is 3.32. The molecule has 2 heterocycles. The molecule has 3 aromatic rings. The van der Waals surface area contributed by atoms with E-state index in [0.717, 1.165) is 49.5 Å². The number of likely N-dealkylation sites (tertiary alicyclic amines) is 1. The minimum Gasteiger partial charge on any atom is -0.497 e. The minimum atomic E-state index is -0.318. The average Bonchev–Trinajstić information content (AvgIpc) is 2.89. The van der Waals surface area contributed by atoms with Crippen LogP contribution in [0, 0.1) is 11.7 Å². The first-order valence-electron chi connectivity index (χ1n) is 11.6. The molecular weight excluding hydrogens is 433 g/mol. The molecule has 4 rings (SSSR count). The smallest absolute Gasteiger partial charge is 0.224 e. The minimum absolute atomic E-state index is 0.0428. The van der Waals surface area contributed by atoms with Crippen molar-refractivity contribution in [3.63, 3.8) is 0 Å². The molecule has 1 N–H and O–H groups in total. The quantitative estimate of drug-likeness (QED) is 0.515. The Morgan fingerprint density at radius 2 is 1.76 bits per heavy atom. The molecule has 1 amide bonds. The predicted molar refractivity (Wildman–Crippen MR) is 128 cm³/mol. The first-order chi connectivity index (χ1) is 16.6. The lowest BCUT2D eigenvalue weighted by Crippen LogP contribution is -2.42. The maximum Gasteiger partial charge on any atom is 0.224 e. The van der Waals surface area contributed by atoms with E-state index in [4.69, 9.17) is 9.47 Å². The van der Waals surface area contributed by atoms with Crippen LogP contribution in [0.1, 0.15) is 30.1 Å². The van der Waals surface area contributed by atoms with Crippen molar-refractivity contribution < 1.29 is 18.7 Å². The summed E-state index contributed by atoms with van der Waals surface area (Å²) < 4.78 is 24.0. The van der Waals surface area contributed by atoms with Crippen LogP contribution >= 0.6 is 0 Å². The lowest BCUT2D eigenvalue weighted by molar-refractivity contribution is -0.127. The van der Waals surface area contributed by atoms with Gasteiger partial charge in [0.05, 0.1) is 18.8 Å². The zero-order valence-electron chi connectivity index (χ0n) is 19.3. The van der Waals surface area contributed by atoms with Crippen molar-refractivity contribution >= 4 is 5.91 Å². The highest BCUT2D eigenvalue weighted by atomic mass is 19.1. The van der Waals surface area contributed by atoms with Gasteiger partial charge in [-0.2, -0.15) is 0 Å². The van der Waals surface area contributed by atoms with E-state index >= 15 is 0 Å². The fourth-order valence-electron chi connectivity index (χ4n) is 4.17. The van der Waals surface area contributed by atoms with E-state index in [1.807, 2.05) is 42.5 Å². The van der Waals surface area contributed by atoms with Crippen molar-refractivity contribution in [1.29, 1.82) is 0 Å². The molecule has 0 aliphatic carbocycles. The molecule has 0 spiro atoms. The average molecular weight is 464 g/mol. The van der Waals surface area contributed by atoms with Gasteiger partial charge in [-0.15, -0.1) is 0 Å². The third kappa shape index (κ3) is 6.32. The number of carbonyl (C=O) groups excluding carboxylic acids is 1. The molecule has 178 valence electrons. The van der Waals surface area contributed by atoms with E-state index in [1.54, 1.807) is 25.4 Å². The maximum absolute atomic E-state index is 13.2. The van der Waals surface area contributed by atoms with Crippen LogP contribution < -0.4 is 14.8 Å². The number of aromatic nitrogens is 1. The zero-order chi connectivity index (χ0) is 23.8. The molecule has 0 bridgehead atoms. The standard InChI is InChI=1S/C27H30FN3O3/c1-33-23-9-5-20(6-10-23)26(25-4-2-3-15-29-25)30-27(32)21-13-16-31(17-14-21)18-19-34-24-11-7-22(28)8-12-24/h2-12,15,21,26H,13-14,16-19H2,1H3,(H,30,32). The van der Waals surface area contributed by atoms with Crippen LogP contribution in [0.2, 0.25) is 0 Å². The summed E-state index contributed by atoms with van der Waals surface area (Å²) in [5, 5.41) is 3.22. The van der Waals surface area contributed by atoms with Gasteiger partial charge in [-0.3, -0.25) is 14.7 Å². The Hall–Kier alpha value is -3.45. The Labute approximate surface area is 199 Å². The van der Waals surface area contributed by atoms with Crippen LogP contribution in [-0.4, -0.2) is 49.1 Å². The van der Waals surface area contributed by atoms with Gasteiger partial charge in [-0.05, 0) is 80.0 Å². The summed E-state index contributed by atoms with van der Waals surface area (Å²) >= 11 is 0. The third-order valence-corrected chi connectivity index (χ3v) is 6.17. The Morgan fingerprint density at radius 1 is 1.06 bits per heavy atom. The molecule has 7 heteroatoms. The van der Waals surface area contributed by atoms with Crippen LogP contribution in [0.5, 0.6) is 11.5 Å². The number of amides is 1. The van der Waals surface area contributed by atoms with Crippen molar-refractivity contribution in [2.45, 2.75) is 18.9 Å². The molecule has 1 saturated heterocycles. The van der Waals surface area contributed by atoms with Crippen molar-refractivity contribution in [3.05, 3.63) is 90.0 Å². The Kier molecular flexibility index (Phi) is 8.09. The Morgan fingerprint density at radius 3 is 2.41 bits per heavy atom. The number of hydrogen-bond donors (Lipinski definition) is 1. The Bertz CT molecular complexity index is 1040. The third-order valence-electron chi connectivity index (χ3n) is 6.17. The van der Waals surface area contributed by atoms with Crippen LogP contribution in [0.15, 0.2) is 72.9 Å². The Balaban J connectivity index is 1.30. The SMILES string of the molecule is COc1ccc(C(NC(=O)C2CCN(CCOc3ccc(F)cc3)CC2)c2ccccn2)cc1. The van der Waals surface area contributed by atoms with Gasteiger partial charge < -0.3 is 14.8 Å². The van der Waals surface area contributed by atoms with Crippen molar-refractivity contribution in [2.24, 2.45) is 5.92 Å². The summed E-state index contributed by atoms with van der Waals surface area (Å²) in [6.45, 7) is 2.97. The number of hydrogen-bond acceptors (Lipinski definition) is 5. The van der Waals surface area contributed by atoms with E-state index < -0.39 is 0 Å². The molecule has 2 aromatic carbocycles. The summed E-state index contributed by atoms with van der Waals surface area (Å²) in [5.41, 5.74) is 1.76. The summed E-state index contributed by atoms with van der Waals surface area (Å²) in [4.78, 5) is 20.0. The molecule has 0 saturated carbocycles. The van der Waals surface area contributed by atoms with E-state index in [0.29, 0.717) is 12.4 Å². The van der Waals surface area contributed by atoms with Crippen LogP contribution in [0.3, 0.4) is 0 Å². The number of rotatable bonds is 9. The molecule has 1 aliphatic heterocycles. The molecular formula is C27H30FN3O3. The van der Waals surface area contributed by atoms with Crippen LogP contribution in [0.25, 0.3) is 0 Å².